The lowest BCUT2D eigenvalue weighted by atomic mass is 10.0. The van der Waals surface area contributed by atoms with Crippen molar-refractivity contribution in [1.82, 2.24) is 4.57 Å². The summed E-state index contributed by atoms with van der Waals surface area (Å²) in [6.45, 7) is 11.4. The van der Waals surface area contributed by atoms with Crippen molar-refractivity contribution in [1.29, 1.82) is 0 Å². The van der Waals surface area contributed by atoms with E-state index < -0.39 is 10.0 Å². The van der Waals surface area contributed by atoms with Gasteiger partial charge in [0.2, 0.25) is 0 Å². The summed E-state index contributed by atoms with van der Waals surface area (Å²) in [4.78, 5) is 12.5. The molecule has 1 N–H and O–H groups in total. The van der Waals surface area contributed by atoms with Crippen molar-refractivity contribution < 1.29 is 8.42 Å². The third-order valence-corrected chi connectivity index (χ3v) is 7.52. The minimum absolute atomic E-state index is 0.0407. The molecule has 0 fully saturated rings. The molecule has 0 spiro atoms. The number of hydrogen-bond donors (Lipinski definition) is 1. The van der Waals surface area contributed by atoms with E-state index in [9.17, 15) is 13.2 Å². The van der Waals surface area contributed by atoms with Crippen LogP contribution in [-0.2, 0) is 10.0 Å². The van der Waals surface area contributed by atoms with Gasteiger partial charge in [-0.05, 0) is 82.0 Å². The molecule has 0 saturated carbocycles. The molecule has 0 saturated heterocycles. The molecule has 1 aromatic heterocycles. The minimum atomic E-state index is -3.74. The Kier molecular flexibility index (Phi) is 4.94. The molecule has 0 unspecified atom stereocenters. The first-order chi connectivity index (χ1) is 12.5. The van der Waals surface area contributed by atoms with E-state index in [1.54, 1.807) is 22.8 Å². The van der Waals surface area contributed by atoms with Gasteiger partial charge in [0.25, 0.3) is 10.0 Å². The fraction of sp³-hybridized carbons (Fsp3) is 0.350. The number of rotatable bonds is 4. The van der Waals surface area contributed by atoms with Gasteiger partial charge in [0, 0.05) is 6.04 Å². The molecule has 27 heavy (non-hydrogen) atoms. The monoisotopic (exact) mass is 404 g/mol. The predicted octanol–water partition coefficient (Wildman–Crippen LogP) is 4.68. The van der Waals surface area contributed by atoms with Crippen LogP contribution in [0.25, 0.3) is 10.2 Å². The van der Waals surface area contributed by atoms with Crippen LogP contribution in [0.3, 0.4) is 0 Å². The maximum atomic E-state index is 13.1. The molecule has 5 nitrogen and oxygen atoms in total. The zero-order valence-electron chi connectivity index (χ0n) is 16.4. The van der Waals surface area contributed by atoms with Gasteiger partial charge in [0.15, 0.2) is 0 Å². The summed E-state index contributed by atoms with van der Waals surface area (Å²) >= 11 is 1.13. The van der Waals surface area contributed by atoms with Crippen LogP contribution in [0.5, 0.6) is 0 Å². The Bertz CT molecular complexity index is 1180. The van der Waals surface area contributed by atoms with Crippen LogP contribution in [0.4, 0.5) is 5.69 Å². The van der Waals surface area contributed by atoms with Gasteiger partial charge in [-0.15, -0.1) is 0 Å². The van der Waals surface area contributed by atoms with Crippen molar-refractivity contribution in [3.63, 3.8) is 0 Å². The van der Waals surface area contributed by atoms with Gasteiger partial charge in [0.05, 0.1) is 20.8 Å². The molecule has 0 atom stereocenters. The number of hydrogen-bond acceptors (Lipinski definition) is 4. The highest BCUT2D eigenvalue weighted by Gasteiger charge is 2.22. The van der Waals surface area contributed by atoms with Gasteiger partial charge in [-0.25, -0.2) is 8.42 Å². The van der Waals surface area contributed by atoms with Crippen LogP contribution >= 0.6 is 11.3 Å². The number of aromatic nitrogens is 1. The molecular formula is C20H24N2O3S2. The molecule has 0 aliphatic carbocycles. The molecule has 144 valence electrons. The summed E-state index contributed by atoms with van der Waals surface area (Å²) in [7, 11) is -3.74. The number of sulfonamides is 1. The summed E-state index contributed by atoms with van der Waals surface area (Å²) in [6, 6.07) is 7.28. The highest BCUT2D eigenvalue weighted by atomic mass is 32.2. The van der Waals surface area contributed by atoms with Crippen molar-refractivity contribution in [2.24, 2.45) is 0 Å². The van der Waals surface area contributed by atoms with Crippen LogP contribution in [0, 0.1) is 27.7 Å². The molecule has 0 radical (unpaired) electrons. The van der Waals surface area contributed by atoms with Gasteiger partial charge >= 0.3 is 4.87 Å². The van der Waals surface area contributed by atoms with Crippen LogP contribution in [-0.4, -0.2) is 13.0 Å². The maximum Gasteiger partial charge on any atom is 0.308 e. The molecule has 3 aromatic rings. The fourth-order valence-corrected chi connectivity index (χ4v) is 6.10. The van der Waals surface area contributed by atoms with Crippen LogP contribution in [0.2, 0.25) is 0 Å². The second-order valence-electron chi connectivity index (χ2n) is 7.21. The molecule has 2 aromatic carbocycles. The molecule has 0 aliphatic heterocycles. The van der Waals surface area contributed by atoms with Crippen molar-refractivity contribution in [3.8, 4) is 0 Å². The third-order valence-electron chi connectivity index (χ3n) is 4.95. The zero-order chi connectivity index (χ0) is 20.1. The van der Waals surface area contributed by atoms with Crippen molar-refractivity contribution >= 4 is 37.3 Å². The highest BCUT2D eigenvalue weighted by Crippen LogP contribution is 2.29. The van der Waals surface area contributed by atoms with E-state index in [2.05, 4.69) is 4.72 Å². The van der Waals surface area contributed by atoms with E-state index in [0.29, 0.717) is 10.6 Å². The Morgan fingerprint density at radius 1 is 1.00 bits per heavy atom. The fourth-order valence-electron chi connectivity index (χ4n) is 3.38. The largest absolute Gasteiger partial charge is 0.308 e. The topological polar surface area (TPSA) is 68.2 Å². The second kappa shape index (κ2) is 6.80. The number of benzene rings is 2. The minimum Gasteiger partial charge on any atom is -0.296 e. The van der Waals surface area contributed by atoms with Crippen molar-refractivity contribution in [3.05, 3.63) is 56.2 Å². The number of fused-ring (bicyclic) bond motifs is 1. The van der Waals surface area contributed by atoms with Gasteiger partial charge in [0.1, 0.15) is 0 Å². The average Bonchev–Trinajstić information content (AvgIpc) is 2.87. The smallest absolute Gasteiger partial charge is 0.296 e. The van der Waals surface area contributed by atoms with Gasteiger partial charge < -0.3 is 0 Å². The first kappa shape index (κ1) is 19.6. The average molecular weight is 405 g/mol. The quantitative estimate of drug-likeness (QED) is 0.686. The van der Waals surface area contributed by atoms with Gasteiger partial charge in [-0.2, -0.15) is 0 Å². The molecule has 1 heterocycles. The summed E-state index contributed by atoms with van der Waals surface area (Å²) in [6.07, 6.45) is 0. The number of nitrogens with one attached hydrogen (secondary N) is 1. The zero-order valence-corrected chi connectivity index (χ0v) is 18.0. The molecular weight excluding hydrogens is 380 g/mol. The summed E-state index contributed by atoms with van der Waals surface area (Å²) < 4.78 is 31.4. The highest BCUT2D eigenvalue weighted by molar-refractivity contribution is 7.92. The Hall–Kier alpha value is -2.12. The number of aryl methyl sites for hydroxylation is 2. The van der Waals surface area contributed by atoms with Gasteiger partial charge in [-0.1, -0.05) is 17.4 Å². The van der Waals surface area contributed by atoms with Gasteiger partial charge in [-0.3, -0.25) is 14.1 Å². The second-order valence-corrected chi connectivity index (χ2v) is 9.82. The molecule has 7 heteroatoms. The predicted molar refractivity (Wildman–Crippen MR) is 113 cm³/mol. The normalized spacial score (nSPS) is 12.1. The Morgan fingerprint density at radius 3 is 2.15 bits per heavy atom. The standard InChI is InChI=1S/C20H24N2O3S2/c1-11(2)22-17-8-7-16(10-18(17)26-20(22)23)21-27(24,25)19-14(5)12(3)9-13(4)15(19)6/h7-11,21H,1-6H3. The van der Waals surface area contributed by atoms with E-state index in [4.69, 9.17) is 0 Å². The SMILES string of the molecule is Cc1cc(C)c(C)c(S(=O)(=O)Nc2ccc3c(c2)sc(=O)n3C(C)C)c1C. The van der Waals surface area contributed by atoms with E-state index in [0.717, 1.165) is 43.8 Å². The third kappa shape index (κ3) is 3.41. The van der Waals surface area contributed by atoms with Crippen LogP contribution in [0.15, 0.2) is 34.0 Å². The lowest BCUT2D eigenvalue weighted by Crippen LogP contribution is -2.17. The van der Waals surface area contributed by atoms with E-state index in [1.807, 2.05) is 47.6 Å². The molecule has 0 aliphatic rings. The first-order valence-electron chi connectivity index (χ1n) is 8.78. The van der Waals surface area contributed by atoms with Crippen molar-refractivity contribution in [2.45, 2.75) is 52.5 Å². The van der Waals surface area contributed by atoms with Crippen LogP contribution in [0.1, 0.15) is 42.1 Å². The number of nitrogens with zero attached hydrogens (tertiary/aromatic N) is 1. The molecule has 3 rings (SSSR count). The maximum absolute atomic E-state index is 13.1. The summed E-state index contributed by atoms with van der Waals surface area (Å²) in [5, 5.41) is 0. The van der Waals surface area contributed by atoms with Crippen molar-refractivity contribution in [2.75, 3.05) is 4.72 Å². The lowest BCUT2D eigenvalue weighted by Gasteiger charge is -2.17. The Balaban J connectivity index is 2.09. The van der Waals surface area contributed by atoms with Crippen LogP contribution < -0.4 is 9.60 Å². The molecule has 0 amide bonds. The number of thiazole rings is 1. The Morgan fingerprint density at radius 2 is 1.59 bits per heavy atom. The summed E-state index contributed by atoms with van der Waals surface area (Å²) in [5.41, 5.74) is 4.67. The number of anilines is 1. The first-order valence-corrected chi connectivity index (χ1v) is 11.1. The molecule has 0 bridgehead atoms. The van der Waals surface area contributed by atoms with E-state index in [-0.39, 0.29) is 10.9 Å². The van der Waals surface area contributed by atoms with E-state index in [1.165, 1.54) is 0 Å². The van der Waals surface area contributed by atoms with E-state index >= 15 is 0 Å². The lowest BCUT2D eigenvalue weighted by molar-refractivity contribution is 0.599. The summed E-state index contributed by atoms with van der Waals surface area (Å²) in [5.74, 6) is 0. The Labute approximate surface area is 163 Å².